The number of amides is 4. The standard InChI is InChI=1S/C17H25N5O3/c1-4-17(15(24)18-16(25)19-17)12-5-7-22(8-6-12)14(23)9-13-10(2)20-21-11(13)3/h12H,4-9H2,1-3H3,(H,20,21)(H2,18,19,24,25)/t17-/m0/s1. The smallest absolute Gasteiger partial charge is 0.322 e. The van der Waals surface area contributed by atoms with Crippen molar-refractivity contribution >= 4 is 17.8 Å². The summed E-state index contributed by atoms with van der Waals surface area (Å²) in [7, 11) is 0. The van der Waals surface area contributed by atoms with Crippen LogP contribution in [-0.2, 0) is 16.0 Å². The summed E-state index contributed by atoms with van der Waals surface area (Å²) in [6, 6.07) is -0.420. The largest absolute Gasteiger partial charge is 0.342 e. The van der Waals surface area contributed by atoms with Crippen LogP contribution in [0.25, 0.3) is 0 Å². The highest BCUT2D eigenvalue weighted by Gasteiger charge is 2.51. The molecule has 2 aliphatic rings. The number of aryl methyl sites for hydroxylation is 2. The lowest BCUT2D eigenvalue weighted by Crippen LogP contribution is -2.56. The molecule has 0 aliphatic carbocycles. The lowest BCUT2D eigenvalue weighted by molar-refractivity contribution is -0.133. The zero-order valence-electron chi connectivity index (χ0n) is 14.9. The van der Waals surface area contributed by atoms with E-state index in [4.69, 9.17) is 0 Å². The van der Waals surface area contributed by atoms with Crippen molar-refractivity contribution < 1.29 is 14.4 Å². The second kappa shape index (κ2) is 6.50. The minimum atomic E-state index is -0.829. The highest BCUT2D eigenvalue weighted by molar-refractivity contribution is 6.07. The Bertz CT molecular complexity index is 686. The highest BCUT2D eigenvalue weighted by Crippen LogP contribution is 2.33. The van der Waals surface area contributed by atoms with Crippen LogP contribution in [0.15, 0.2) is 0 Å². The maximum atomic E-state index is 12.6. The molecule has 0 saturated carbocycles. The Kier molecular flexibility index (Phi) is 4.53. The number of nitrogens with zero attached hydrogens (tertiary/aromatic N) is 2. The molecule has 8 nitrogen and oxygen atoms in total. The Balaban J connectivity index is 1.63. The Labute approximate surface area is 146 Å². The molecule has 1 aromatic heterocycles. The summed E-state index contributed by atoms with van der Waals surface area (Å²) in [6.07, 6.45) is 2.30. The van der Waals surface area contributed by atoms with E-state index in [1.165, 1.54) is 0 Å². The van der Waals surface area contributed by atoms with E-state index in [-0.39, 0.29) is 17.7 Å². The van der Waals surface area contributed by atoms with Crippen LogP contribution in [0.5, 0.6) is 0 Å². The van der Waals surface area contributed by atoms with E-state index in [1.807, 2.05) is 25.7 Å². The van der Waals surface area contributed by atoms with Crippen LogP contribution in [0.2, 0.25) is 0 Å². The van der Waals surface area contributed by atoms with Gasteiger partial charge >= 0.3 is 6.03 Å². The number of likely N-dealkylation sites (tertiary alicyclic amines) is 1. The van der Waals surface area contributed by atoms with Gasteiger partial charge in [-0.1, -0.05) is 6.92 Å². The average Bonchev–Trinajstić information content (AvgIpc) is 3.07. The minimum absolute atomic E-state index is 0.0467. The van der Waals surface area contributed by atoms with Gasteiger partial charge in [0.15, 0.2) is 0 Å². The summed E-state index contributed by atoms with van der Waals surface area (Å²) < 4.78 is 0. The van der Waals surface area contributed by atoms with Gasteiger partial charge in [-0.05, 0) is 39.0 Å². The third-order valence-electron chi connectivity index (χ3n) is 5.68. The van der Waals surface area contributed by atoms with Crippen molar-refractivity contribution in [3.63, 3.8) is 0 Å². The van der Waals surface area contributed by atoms with E-state index in [9.17, 15) is 14.4 Å². The minimum Gasteiger partial charge on any atom is -0.342 e. The lowest BCUT2D eigenvalue weighted by atomic mass is 9.76. The van der Waals surface area contributed by atoms with Crippen molar-refractivity contribution in [1.82, 2.24) is 25.7 Å². The van der Waals surface area contributed by atoms with Gasteiger partial charge in [0.2, 0.25) is 5.91 Å². The predicted molar refractivity (Wildman–Crippen MR) is 90.8 cm³/mol. The van der Waals surface area contributed by atoms with E-state index in [0.29, 0.717) is 38.8 Å². The lowest BCUT2D eigenvalue weighted by Gasteiger charge is -2.40. The van der Waals surface area contributed by atoms with Crippen LogP contribution >= 0.6 is 0 Å². The maximum Gasteiger partial charge on any atom is 0.322 e. The predicted octanol–water partition coefficient (Wildman–Crippen LogP) is 0.796. The van der Waals surface area contributed by atoms with E-state index in [2.05, 4.69) is 20.8 Å². The maximum absolute atomic E-state index is 12.6. The van der Waals surface area contributed by atoms with Crippen molar-refractivity contribution in [2.24, 2.45) is 5.92 Å². The number of H-pyrrole nitrogens is 1. The molecular weight excluding hydrogens is 322 g/mol. The molecule has 25 heavy (non-hydrogen) atoms. The van der Waals surface area contributed by atoms with Gasteiger partial charge in [0.25, 0.3) is 5.91 Å². The Morgan fingerprint density at radius 1 is 1.28 bits per heavy atom. The molecule has 3 rings (SSSR count). The molecule has 0 bridgehead atoms. The van der Waals surface area contributed by atoms with Gasteiger partial charge < -0.3 is 10.2 Å². The fourth-order valence-electron chi connectivity index (χ4n) is 4.05. The first kappa shape index (κ1) is 17.4. The van der Waals surface area contributed by atoms with E-state index < -0.39 is 11.6 Å². The topological polar surface area (TPSA) is 107 Å². The number of nitrogens with one attached hydrogen (secondary N) is 3. The number of aromatic nitrogens is 2. The summed E-state index contributed by atoms with van der Waals surface area (Å²) in [6.45, 7) is 6.92. The number of hydrogen-bond donors (Lipinski definition) is 3. The summed E-state index contributed by atoms with van der Waals surface area (Å²) >= 11 is 0. The summed E-state index contributed by atoms with van der Waals surface area (Å²) in [5.74, 6) is -0.115. The SMILES string of the molecule is CC[C@@]1(C2CCN(C(=O)Cc3c(C)n[nH]c3C)CC2)NC(=O)NC1=O. The second-order valence-corrected chi connectivity index (χ2v) is 6.98. The number of urea groups is 1. The monoisotopic (exact) mass is 347 g/mol. The van der Waals surface area contributed by atoms with Gasteiger partial charge in [0.05, 0.1) is 12.1 Å². The molecule has 3 N–H and O–H groups in total. The first-order valence-electron chi connectivity index (χ1n) is 8.79. The molecule has 0 unspecified atom stereocenters. The summed E-state index contributed by atoms with van der Waals surface area (Å²) in [4.78, 5) is 38.3. The molecule has 136 valence electrons. The molecule has 4 amide bonds. The molecule has 3 heterocycles. The van der Waals surface area contributed by atoms with E-state index in [1.54, 1.807) is 0 Å². The normalized spacial score (nSPS) is 24.4. The number of carbonyl (C=O) groups is 3. The van der Waals surface area contributed by atoms with Crippen LogP contribution < -0.4 is 10.6 Å². The number of imide groups is 1. The van der Waals surface area contributed by atoms with Crippen molar-refractivity contribution in [1.29, 1.82) is 0 Å². The van der Waals surface area contributed by atoms with Gasteiger partial charge in [-0.3, -0.25) is 20.0 Å². The first-order chi connectivity index (χ1) is 11.9. The van der Waals surface area contributed by atoms with Gasteiger partial charge in [0.1, 0.15) is 5.54 Å². The molecule has 1 atom stereocenters. The summed E-state index contributed by atoms with van der Waals surface area (Å²) in [5, 5.41) is 12.2. The van der Waals surface area contributed by atoms with Crippen molar-refractivity contribution in [2.75, 3.05) is 13.1 Å². The molecule has 0 radical (unpaired) electrons. The number of piperidine rings is 1. The van der Waals surface area contributed by atoms with Crippen LogP contribution in [-0.4, -0.2) is 51.6 Å². The highest BCUT2D eigenvalue weighted by atomic mass is 16.2. The molecule has 8 heteroatoms. The van der Waals surface area contributed by atoms with Crippen LogP contribution in [0.1, 0.15) is 43.1 Å². The number of rotatable bonds is 4. The Morgan fingerprint density at radius 3 is 2.44 bits per heavy atom. The van der Waals surface area contributed by atoms with Crippen molar-refractivity contribution in [3.05, 3.63) is 17.0 Å². The number of carbonyl (C=O) groups excluding carboxylic acids is 3. The second-order valence-electron chi connectivity index (χ2n) is 6.98. The van der Waals surface area contributed by atoms with E-state index >= 15 is 0 Å². The number of hydrogen-bond acceptors (Lipinski definition) is 4. The van der Waals surface area contributed by atoms with Gasteiger partial charge in [-0.25, -0.2) is 4.79 Å². The molecule has 2 saturated heterocycles. The fraction of sp³-hybridized carbons (Fsp3) is 0.647. The van der Waals surface area contributed by atoms with Crippen molar-refractivity contribution in [3.8, 4) is 0 Å². The van der Waals surface area contributed by atoms with Crippen LogP contribution in [0.3, 0.4) is 0 Å². The van der Waals surface area contributed by atoms with Crippen LogP contribution in [0, 0.1) is 19.8 Å². The van der Waals surface area contributed by atoms with Crippen molar-refractivity contribution in [2.45, 2.75) is 52.0 Å². The van der Waals surface area contributed by atoms with Gasteiger partial charge in [-0.15, -0.1) is 0 Å². The van der Waals surface area contributed by atoms with Gasteiger partial charge in [0, 0.05) is 24.3 Å². The molecular formula is C17H25N5O3. The third kappa shape index (κ3) is 3.01. The molecule has 2 aliphatic heterocycles. The molecule has 2 fully saturated rings. The molecule has 0 aromatic carbocycles. The number of aromatic amines is 1. The summed E-state index contributed by atoms with van der Waals surface area (Å²) in [5.41, 5.74) is 1.91. The van der Waals surface area contributed by atoms with E-state index in [0.717, 1.165) is 17.0 Å². The van der Waals surface area contributed by atoms with Crippen LogP contribution in [0.4, 0.5) is 4.79 Å². The third-order valence-corrected chi connectivity index (χ3v) is 5.68. The molecule has 1 aromatic rings. The quantitative estimate of drug-likeness (QED) is 0.700. The Hall–Kier alpha value is -2.38. The zero-order chi connectivity index (χ0) is 18.2. The average molecular weight is 347 g/mol. The first-order valence-corrected chi connectivity index (χ1v) is 8.79. The van der Waals surface area contributed by atoms with Gasteiger partial charge in [-0.2, -0.15) is 5.10 Å². The zero-order valence-corrected chi connectivity index (χ0v) is 14.9. The fourth-order valence-corrected chi connectivity index (χ4v) is 4.05. The Morgan fingerprint density at radius 2 is 1.96 bits per heavy atom. The molecule has 0 spiro atoms.